The third-order valence-corrected chi connectivity index (χ3v) is 7.70. The van der Waals surface area contributed by atoms with E-state index in [1.807, 2.05) is 4.90 Å². The number of nitrogens with zero attached hydrogens (tertiary/aromatic N) is 3. The summed E-state index contributed by atoms with van der Waals surface area (Å²) in [5.74, 6) is -0.495. The van der Waals surface area contributed by atoms with Gasteiger partial charge in [-0.25, -0.2) is 12.8 Å². The first-order valence-electron chi connectivity index (χ1n) is 10.4. The average Bonchev–Trinajstić information content (AvgIpc) is 2.80. The van der Waals surface area contributed by atoms with Gasteiger partial charge in [-0.15, -0.1) is 0 Å². The monoisotopic (exact) mass is 447 g/mol. The van der Waals surface area contributed by atoms with Crippen molar-refractivity contribution in [3.8, 4) is 0 Å². The largest absolute Gasteiger partial charge is 0.378 e. The summed E-state index contributed by atoms with van der Waals surface area (Å²) in [7, 11) is -3.76. The molecule has 0 N–H and O–H groups in total. The first kappa shape index (κ1) is 21.7. The lowest BCUT2D eigenvalue weighted by Gasteiger charge is -2.35. The van der Waals surface area contributed by atoms with Crippen molar-refractivity contribution >= 4 is 21.6 Å². The van der Waals surface area contributed by atoms with Crippen LogP contribution in [0.25, 0.3) is 0 Å². The summed E-state index contributed by atoms with van der Waals surface area (Å²) in [6, 6.07) is 11.2. The van der Waals surface area contributed by atoms with Crippen LogP contribution < -0.4 is 4.90 Å². The topological polar surface area (TPSA) is 70.2 Å². The Balaban J connectivity index is 1.51. The minimum absolute atomic E-state index is 0.106. The molecule has 2 aliphatic heterocycles. The van der Waals surface area contributed by atoms with Gasteiger partial charge in [0.2, 0.25) is 10.0 Å². The van der Waals surface area contributed by atoms with Crippen LogP contribution >= 0.6 is 0 Å². The molecule has 0 spiro atoms. The lowest BCUT2D eigenvalue weighted by Crippen LogP contribution is -2.49. The van der Waals surface area contributed by atoms with E-state index in [0.717, 1.165) is 5.56 Å². The Morgan fingerprint density at radius 1 is 0.968 bits per heavy atom. The minimum Gasteiger partial charge on any atom is -0.378 e. The Hall–Kier alpha value is -2.49. The van der Waals surface area contributed by atoms with Crippen LogP contribution in [0.2, 0.25) is 0 Å². The van der Waals surface area contributed by atoms with Crippen LogP contribution in [0.15, 0.2) is 47.4 Å². The van der Waals surface area contributed by atoms with Gasteiger partial charge in [0.05, 0.1) is 23.8 Å². The maximum atomic E-state index is 14.1. The molecule has 0 saturated carbocycles. The van der Waals surface area contributed by atoms with Crippen LogP contribution in [0.4, 0.5) is 10.1 Å². The molecule has 2 aromatic rings. The molecule has 4 rings (SSSR count). The van der Waals surface area contributed by atoms with Crippen LogP contribution in [0.5, 0.6) is 0 Å². The van der Waals surface area contributed by atoms with Gasteiger partial charge in [-0.05, 0) is 36.8 Å². The van der Waals surface area contributed by atoms with Crippen molar-refractivity contribution < 1.29 is 22.3 Å². The molecule has 0 atom stereocenters. The van der Waals surface area contributed by atoms with Crippen LogP contribution in [-0.2, 0) is 14.8 Å². The molecule has 9 heteroatoms. The fourth-order valence-electron chi connectivity index (χ4n) is 3.96. The standard InChI is InChI=1S/C22H26FN3O4S/c1-17-6-7-18(16-19(17)22(27)25-12-14-30-15-13-25)31(28,29)26-10-8-24(9-11-26)21-5-3-2-4-20(21)23/h2-7,16H,8-15H2,1H3. The van der Waals surface area contributed by atoms with E-state index in [1.54, 1.807) is 42.2 Å². The number of halogens is 1. The Kier molecular flexibility index (Phi) is 6.27. The number of para-hydroxylation sites is 1. The molecule has 0 aliphatic carbocycles. The molecule has 0 radical (unpaired) electrons. The molecule has 1 amide bonds. The normalized spacial score (nSPS) is 18.3. The van der Waals surface area contributed by atoms with E-state index in [1.165, 1.54) is 16.4 Å². The van der Waals surface area contributed by atoms with Crippen LogP contribution in [0.1, 0.15) is 15.9 Å². The third-order valence-electron chi connectivity index (χ3n) is 5.81. The van der Waals surface area contributed by atoms with Crippen molar-refractivity contribution in [1.82, 2.24) is 9.21 Å². The molecule has 2 aliphatic rings. The van der Waals surface area contributed by atoms with Crippen molar-refractivity contribution in [2.75, 3.05) is 57.4 Å². The summed E-state index contributed by atoms with van der Waals surface area (Å²) in [6.45, 7) is 5.04. The van der Waals surface area contributed by atoms with Gasteiger partial charge in [-0.2, -0.15) is 4.31 Å². The second kappa shape index (κ2) is 8.94. The third kappa shape index (κ3) is 4.44. The van der Waals surface area contributed by atoms with Gasteiger partial charge in [-0.3, -0.25) is 4.79 Å². The van der Waals surface area contributed by atoms with E-state index in [2.05, 4.69) is 0 Å². The Morgan fingerprint density at radius 3 is 2.32 bits per heavy atom. The van der Waals surface area contributed by atoms with E-state index in [9.17, 15) is 17.6 Å². The summed E-state index contributed by atoms with van der Waals surface area (Å²) < 4.78 is 47.3. The predicted molar refractivity (Wildman–Crippen MR) is 115 cm³/mol. The van der Waals surface area contributed by atoms with Gasteiger partial charge in [0, 0.05) is 44.8 Å². The Bertz CT molecular complexity index is 1060. The Labute approximate surface area is 182 Å². The number of rotatable bonds is 4. The molecule has 2 heterocycles. The lowest BCUT2D eigenvalue weighted by atomic mass is 10.1. The van der Waals surface area contributed by atoms with Gasteiger partial charge in [0.1, 0.15) is 5.82 Å². The quantitative estimate of drug-likeness (QED) is 0.718. The highest BCUT2D eigenvalue weighted by atomic mass is 32.2. The number of ether oxygens (including phenoxy) is 1. The van der Waals surface area contributed by atoms with E-state index < -0.39 is 10.0 Å². The summed E-state index contributed by atoms with van der Waals surface area (Å²) >= 11 is 0. The first-order chi connectivity index (χ1) is 14.9. The molecule has 31 heavy (non-hydrogen) atoms. The number of anilines is 1. The summed E-state index contributed by atoms with van der Waals surface area (Å²) in [5.41, 5.74) is 1.61. The zero-order valence-corrected chi connectivity index (χ0v) is 18.3. The highest BCUT2D eigenvalue weighted by Crippen LogP contribution is 2.25. The van der Waals surface area contributed by atoms with Gasteiger partial charge in [0.25, 0.3) is 5.91 Å². The number of hydrogen-bond acceptors (Lipinski definition) is 5. The van der Waals surface area contributed by atoms with Gasteiger partial charge in [0.15, 0.2) is 0 Å². The molecule has 2 aromatic carbocycles. The molecular formula is C22H26FN3O4S. The zero-order valence-electron chi connectivity index (χ0n) is 17.5. The van der Waals surface area contributed by atoms with E-state index in [4.69, 9.17) is 4.74 Å². The molecule has 7 nitrogen and oxygen atoms in total. The van der Waals surface area contributed by atoms with E-state index >= 15 is 0 Å². The number of hydrogen-bond donors (Lipinski definition) is 0. The summed E-state index contributed by atoms with van der Waals surface area (Å²) in [5, 5.41) is 0. The number of piperazine rings is 1. The van der Waals surface area contributed by atoms with Gasteiger partial charge < -0.3 is 14.5 Å². The molecule has 0 bridgehead atoms. The molecule has 2 saturated heterocycles. The highest BCUT2D eigenvalue weighted by molar-refractivity contribution is 7.89. The van der Waals surface area contributed by atoms with E-state index in [-0.39, 0.29) is 29.7 Å². The maximum absolute atomic E-state index is 14.1. The number of carbonyl (C=O) groups excluding carboxylic acids is 1. The number of sulfonamides is 1. The maximum Gasteiger partial charge on any atom is 0.254 e. The minimum atomic E-state index is -3.76. The highest BCUT2D eigenvalue weighted by Gasteiger charge is 2.30. The van der Waals surface area contributed by atoms with Crippen molar-refractivity contribution in [2.45, 2.75) is 11.8 Å². The summed E-state index contributed by atoms with van der Waals surface area (Å²) in [4.78, 5) is 16.6. The SMILES string of the molecule is Cc1ccc(S(=O)(=O)N2CCN(c3ccccc3F)CC2)cc1C(=O)N1CCOCC1. The molecule has 0 aromatic heterocycles. The van der Waals surface area contributed by atoms with Crippen LogP contribution in [0.3, 0.4) is 0 Å². The number of aryl methyl sites for hydroxylation is 1. The Morgan fingerprint density at radius 2 is 1.65 bits per heavy atom. The predicted octanol–water partition coefficient (Wildman–Crippen LogP) is 2.12. The number of morpholine rings is 1. The van der Waals surface area contributed by atoms with Crippen molar-refractivity contribution in [3.05, 3.63) is 59.4 Å². The van der Waals surface area contributed by atoms with Gasteiger partial charge in [-0.1, -0.05) is 18.2 Å². The molecular weight excluding hydrogens is 421 g/mol. The fourth-order valence-corrected chi connectivity index (χ4v) is 5.40. The van der Waals surface area contributed by atoms with Crippen LogP contribution in [0, 0.1) is 12.7 Å². The van der Waals surface area contributed by atoms with Gasteiger partial charge >= 0.3 is 0 Å². The summed E-state index contributed by atoms with van der Waals surface area (Å²) in [6.07, 6.45) is 0. The molecule has 2 fully saturated rings. The van der Waals surface area contributed by atoms with E-state index in [0.29, 0.717) is 50.6 Å². The van der Waals surface area contributed by atoms with Crippen LogP contribution in [-0.4, -0.2) is 76.0 Å². The fraction of sp³-hybridized carbons (Fsp3) is 0.409. The van der Waals surface area contributed by atoms with Crippen molar-refractivity contribution in [2.24, 2.45) is 0 Å². The number of carbonyl (C=O) groups is 1. The number of amides is 1. The van der Waals surface area contributed by atoms with Crippen molar-refractivity contribution in [3.63, 3.8) is 0 Å². The number of benzene rings is 2. The van der Waals surface area contributed by atoms with Crippen molar-refractivity contribution in [1.29, 1.82) is 0 Å². The molecule has 0 unspecified atom stereocenters. The molecule has 166 valence electrons. The zero-order chi connectivity index (χ0) is 22.0. The second-order valence-corrected chi connectivity index (χ2v) is 9.66. The first-order valence-corrected chi connectivity index (χ1v) is 11.8. The second-order valence-electron chi connectivity index (χ2n) is 7.72. The lowest BCUT2D eigenvalue weighted by molar-refractivity contribution is 0.0302. The average molecular weight is 448 g/mol. The smallest absolute Gasteiger partial charge is 0.254 e.